The average molecular weight is 157 g/mol. The molecule has 1 heterocycles. The van der Waals surface area contributed by atoms with Crippen LogP contribution in [-0.2, 0) is 4.79 Å². The molecule has 1 aliphatic rings. The molecule has 1 saturated heterocycles. The van der Waals surface area contributed by atoms with Crippen molar-refractivity contribution in [1.82, 2.24) is 15.5 Å². The number of carbonyl (C=O) groups excluding carboxylic acids is 2. The van der Waals surface area contributed by atoms with Crippen molar-refractivity contribution in [2.24, 2.45) is 0 Å². The second-order valence-corrected chi connectivity index (χ2v) is 2.64. The second kappa shape index (κ2) is 2.77. The van der Waals surface area contributed by atoms with Crippen molar-refractivity contribution < 1.29 is 9.59 Å². The Morgan fingerprint density at radius 2 is 2.27 bits per heavy atom. The van der Waals surface area contributed by atoms with Crippen LogP contribution in [0.15, 0.2) is 0 Å². The number of nitrogens with one attached hydrogen (secondary N) is 2. The van der Waals surface area contributed by atoms with Gasteiger partial charge in [0.05, 0.1) is 0 Å². The molecular formula is C6H11N3O2. The number of amides is 3. The molecule has 0 bridgehead atoms. The molecule has 5 nitrogen and oxygen atoms in total. The monoisotopic (exact) mass is 157 g/mol. The molecule has 1 aliphatic heterocycles. The van der Waals surface area contributed by atoms with Crippen molar-refractivity contribution in [3.05, 3.63) is 0 Å². The third-order valence-electron chi connectivity index (χ3n) is 1.51. The van der Waals surface area contributed by atoms with Gasteiger partial charge in [0.2, 0.25) is 5.91 Å². The SMILES string of the molecule is CN(C)C(=O)[C@@H]1CNC(=O)N1. The Kier molecular flexibility index (Phi) is 1.98. The molecule has 62 valence electrons. The molecule has 3 amide bonds. The Hall–Kier alpha value is -1.26. The van der Waals surface area contributed by atoms with Crippen LogP contribution >= 0.6 is 0 Å². The molecule has 0 spiro atoms. The lowest BCUT2D eigenvalue weighted by Gasteiger charge is -2.14. The molecule has 2 N–H and O–H groups in total. The minimum absolute atomic E-state index is 0.0802. The van der Waals surface area contributed by atoms with E-state index in [0.717, 1.165) is 0 Å². The molecule has 0 aliphatic carbocycles. The lowest BCUT2D eigenvalue weighted by molar-refractivity contribution is -0.130. The first-order chi connectivity index (χ1) is 5.11. The molecule has 0 aromatic heterocycles. The zero-order valence-corrected chi connectivity index (χ0v) is 6.55. The van der Waals surface area contributed by atoms with Gasteiger partial charge in [-0.3, -0.25) is 4.79 Å². The third-order valence-corrected chi connectivity index (χ3v) is 1.51. The van der Waals surface area contributed by atoms with Gasteiger partial charge >= 0.3 is 6.03 Å². The summed E-state index contributed by atoms with van der Waals surface area (Å²) in [5.41, 5.74) is 0. The van der Waals surface area contributed by atoms with Crippen LogP contribution in [0.4, 0.5) is 4.79 Å². The Morgan fingerprint density at radius 1 is 1.64 bits per heavy atom. The van der Waals surface area contributed by atoms with Gasteiger partial charge in [-0.15, -0.1) is 0 Å². The molecule has 0 radical (unpaired) electrons. The van der Waals surface area contributed by atoms with E-state index in [4.69, 9.17) is 0 Å². The van der Waals surface area contributed by atoms with Gasteiger partial charge < -0.3 is 15.5 Å². The van der Waals surface area contributed by atoms with Crippen LogP contribution in [0.3, 0.4) is 0 Å². The number of hydrogen-bond acceptors (Lipinski definition) is 2. The Labute approximate surface area is 64.7 Å². The molecule has 5 heteroatoms. The predicted molar refractivity (Wildman–Crippen MR) is 39.0 cm³/mol. The summed E-state index contributed by atoms with van der Waals surface area (Å²) in [5.74, 6) is -0.0802. The van der Waals surface area contributed by atoms with Gasteiger partial charge in [0.25, 0.3) is 0 Å². The van der Waals surface area contributed by atoms with Gasteiger partial charge in [0, 0.05) is 20.6 Å². The van der Waals surface area contributed by atoms with Crippen molar-refractivity contribution in [1.29, 1.82) is 0 Å². The lowest BCUT2D eigenvalue weighted by atomic mass is 10.3. The average Bonchev–Trinajstić information content (AvgIpc) is 2.34. The Morgan fingerprint density at radius 3 is 2.64 bits per heavy atom. The molecule has 11 heavy (non-hydrogen) atoms. The van der Waals surface area contributed by atoms with Gasteiger partial charge in [-0.05, 0) is 0 Å². The van der Waals surface area contributed by atoms with E-state index >= 15 is 0 Å². The maximum Gasteiger partial charge on any atom is 0.315 e. The minimum Gasteiger partial charge on any atom is -0.347 e. The number of nitrogens with zero attached hydrogens (tertiary/aromatic N) is 1. The van der Waals surface area contributed by atoms with Crippen LogP contribution < -0.4 is 10.6 Å². The van der Waals surface area contributed by atoms with Crippen molar-refractivity contribution in [3.8, 4) is 0 Å². The van der Waals surface area contributed by atoms with Crippen LogP contribution in [0, 0.1) is 0 Å². The summed E-state index contributed by atoms with van der Waals surface area (Å²) in [6, 6.07) is -0.664. The first-order valence-corrected chi connectivity index (χ1v) is 3.37. The van der Waals surface area contributed by atoms with E-state index in [1.807, 2.05) is 0 Å². The summed E-state index contributed by atoms with van der Waals surface area (Å²) in [6.45, 7) is 0.385. The fourth-order valence-electron chi connectivity index (χ4n) is 0.916. The first kappa shape index (κ1) is 7.84. The van der Waals surface area contributed by atoms with Crippen molar-refractivity contribution in [3.63, 3.8) is 0 Å². The van der Waals surface area contributed by atoms with E-state index < -0.39 is 6.04 Å². The second-order valence-electron chi connectivity index (χ2n) is 2.64. The first-order valence-electron chi connectivity index (χ1n) is 3.37. The summed E-state index contributed by atoms with van der Waals surface area (Å²) in [7, 11) is 3.32. The van der Waals surface area contributed by atoms with E-state index in [-0.39, 0.29) is 11.9 Å². The molecule has 1 atom stereocenters. The van der Waals surface area contributed by atoms with Crippen molar-refractivity contribution >= 4 is 11.9 Å². The molecule has 0 saturated carbocycles. The van der Waals surface area contributed by atoms with E-state index in [0.29, 0.717) is 6.54 Å². The summed E-state index contributed by atoms with van der Waals surface area (Å²) in [6.07, 6.45) is 0. The van der Waals surface area contributed by atoms with Crippen molar-refractivity contribution in [2.45, 2.75) is 6.04 Å². The number of likely N-dealkylation sites (N-methyl/N-ethyl adjacent to an activating group) is 1. The van der Waals surface area contributed by atoms with Crippen LogP contribution in [0.5, 0.6) is 0 Å². The zero-order chi connectivity index (χ0) is 8.43. The molecule has 0 aromatic rings. The molecule has 0 unspecified atom stereocenters. The molecule has 0 aromatic carbocycles. The fourth-order valence-corrected chi connectivity index (χ4v) is 0.916. The quantitative estimate of drug-likeness (QED) is 0.500. The number of urea groups is 1. The number of rotatable bonds is 1. The largest absolute Gasteiger partial charge is 0.347 e. The summed E-state index contributed by atoms with van der Waals surface area (Å²) < 4.78 is 0. The normalized spacial score (nSPS) is 22.4. The van der Waals surface area contributed by atoms with E-state index in [2.05, 4.69) is 10.6 Å². The smallest absolute Gasteiger partial charge is 0.315 e. The van der Waals surface area contributed by atoms with Crippen LogP contribution in [0.2, 0.25) is 0 Å². The summed E-state index contributed by atoms with van der Waals surface area (Å²) in [4.78, 5) is 23.2. The highest BCUT2D eigenvalue weighted by molar-refractivity contribution is 5.90. The predicted octanol–water partition coefficient (Wildman–Crippen LogP) is -1.24. The van der Waals surface area contributed by atoms with Gasteiger partial charge in [0.15, 0.2) is 0 Å². The number of hydrogen-bond donors (Lipinski definition) is 2. The van der Waals surface area contributed by atoms with E-state index in [1.54, 1.807) is 14.1 Å². The maximum atomic E-state index is 11.2. The van der Waals surface area contributed by atoms with Gasteiger partial charge in [-0.1, -0.05) is 0 Å². The van der Waals surface area contributed by atoms with Gasteiger partial charge in [-0.25, -0.2) is 4.79 Å². The summed E-state index contributed by atoms with van der Waals surface area (Å²) in [5, 5.41) is 5.00. The molecular weight excluding hydrogens is 146 g/mol. The van der Waals surface area contributed by atoms with E-state index in [9.17, 15) is 9.59 Å². The Bertz CT molecular complexity index is 190. The highest BCUT2D eigenvalue weighted by atomic mass is 16.2. The zero-order valence-electron chi connectivity index (χ0n) is 6.55. The van der Waals surface area contributed by atoms with Crippen LogP contribution in [-0.4, -0.2) is 43.5 Å². The van der Waals surface area contributed by atoms with Gasteiger partial charge in [-0.2, -0.15) is 0 Å². The fraction of sp³-hybridized carbons (Fsp3) is 0.667. The summed E-state index contributed by atoms with van der Waals surface area (Å²) >= 11 is 0. The standard InChI is InChI=1S/C6H11N3O2/c1-9(2)5(10)4-3-7-6(11)8-4/h4H,3H2,1-2H3,(H2,7,8,11)/t4-/m0/s1. The Balaban J connectivity index is 2.50. The lowest BCUT2D eigenvalue weighted by Crippen LogP contribution is -2.42. The molecule has 1 rings (SSSR count). The van der Waals surface area contributed by atoms with Crippen LogP contribution in [0.25, 0.3) is 0 Å². The highest BCUT2D eigenvalue weighted by Gasteiger charge is 2.27. The van der Waals surface area contributed by atoms with Crippen LogP contribution in [0.1, 0.15) is 0 Å². The van der Waals surface area contributed by atoms with E-state index in [1.165, 1.54) is 4.90 Å². The molecule has 1 fully saturated rings. The maximum absolute atomic E-state index is 11.2. The highest BCUT2D eigenvalue weighted by Crippen LogP contribution is 1.93. The van der Waals surface area contributed by atoms with Crippen molar-refractivity contribution in [2.75, 3.05) is 20.6 Å². The number of carbonyl (C=O) groups is 2. The van der Waals surface area contributed by atoms with Gasteiger partial charge in [0.1, 0.15) is 6.04 Å². The third kappa shape index (κ3) is 1.60. The topological polar surface area (TPSA) is 61.4 Å². The minimum atomic E-state index is -0.391.